The van der Waals surface area contributed by atoms with E-state index in [4.69, 9.17) is 9.47 Å². The van der Waals surface area contributed by atoms with Crippen LogP contribution >= 0.6 is 0 Å². The highest BCUT2D eigenvalue weighted by Crippen LogP contribution is 2.27. The summed E-state index contributed by atoms with van der Waals surface area (Å²) in [5, 5.41) is 13.7. The van der Waals surface area contributed by atoms with Crippen LogP contribution in [0.5, 0.6) is 0 Å². The first kappa shape index (κ1) is 19.1. The number of esters is 1. The lowest BCUT2D eigenvalue weighted by Crippen LogP contribution is -2.27. The molecule has 0 saturated carbocycles. The van der Waals surface area contributed by atoms with E-state index in [1.807, 2.05) is 0 Å². The Balaban J connectivity index is 2.30. The molecule has 0 unspecified atom stereocenters. The Labute approximate surface area is 149 Å². The number of methoxy groups -OCH3 is 1. The van der Waals surface area contributed by atoms with E-state index in [0.29, 0.717) is 11.1 Å². The number of nitrogens with zero attached hydrogens (tertiary/aromatic N) is 1. The summed E-state index contributed by atoms with van der Waals surface area (Å²) in [5.41, 5.74) is 0.896. The zero-order valence-electron chi connectivity index (χ0n) is 14.3. The zero-order chi connectivity index (χ0) is 19.1. The van der Waals surface area contributed by atoms with Crippen LogP contribution in [0.15, 0.2) is 48.5 Å². The molecule has 2 rings (SSSR count). The number of ether oxygens (including phenoxy) is 2. The van der Waals surface area contributed by atoms with Gasteiger partial charge in [0.25, 0.3) is 11.6 Å². The Morgan fingerprint density at radius 3 is 2.50 bits per heavy atom. The van der Waals surface area contributed by atoms with Crippen LogP contribution in [0.25, 0.3) is 0 Å². The second-order valence-electron chi connectivity index (χ2n) is 5.48. The van der Waals surface area contributed by atoms with Crippen molar-refractivity contribution in [3.63, 3.8) is 0 Å². The van der Waals surface area contributed by atoms with E-state index in [9.17, 15) is 19.7 Å². The molecular weight excluding hydrogens is 340 g/mol. The van der Waals surface area contributed by atoms with E-state index in [-0.39, 0.29) is 18.0 Å². The predicted octanol–water partition coefficient (Wildman–Crippen LogP) is 2.77. The molecule has 0 aliphatic heterocycles. The molecule has 0 aliphatic rings. The quantitative estimate of drug-likeness (QED) is 0.463. The molecule has 0 saturated heterocycles. The number of aryl methyl sites for hydroxylation is 1. The van der Waals surface area contributed by atoms with Crippen molar-refractivity contribution in [2.75, 3.05) is 19.0 Å². The van der Waals surface area contributed by atoms with Crippen molar-refractivity contribution in [3.8, 4) is 0 Å². The van der Waals surface area contributed by atoms with Gasteiger partial charge in [0, 0.05) is 18.7 Å². The maximum Gasteiger partial charge on any atom is 0.333 e. The zero-order valence-corrected chi connectivity index (χ0v) is 14.3. The molecule has 0 aliphatic carbocycles. The molecule has 2 aromatic rings. The highest BCUT2D eigenvalue weighted by Gasteiger charge is 2.27. The summed E-state index contributed by atoms with van der Waals surface area (Å²) in [7, 11) is 1.33. The Hall–Kier alpha value is -3.26. The number of amides is 1. The van der Waals surface area contributed by atoms with Crippen molar-refractivity contribution in [1.29, 1.82) is 0 Å². The molecule has 2 aromatic carbocycles. The molecule has 1 amide bonds. The van der Waals surface area contributed by atoms with Crippen LogP contribution in [0, 0.1) is 17.0 Å². The van der Waals surface area contributed by atoms with Gasteiger partial charge in [-0.05, 0) is 18.6 Å². The standard InChI is InChI=1S/C18H18N2O6/c1-12-8-9-14(15(10-12)20(23)24)19-18(22)17(26-16(21)11-25-2)13-6-4-3-5-7-13/h3-10,17H,11H2,1-2H3,(H,19,22)/t17-/m1/s1. The monoisotopic (exact) mass is 358 g/mol. The fourth-order valence-corrected chi connectivity index (χ4v) is 2.28. The van der Waals surface area contributed by atoms with Crippen molar-refractivity contribution < 1.29 is 24.0 Å². The van der Waals surface area contributed by atoms with Crippen molar-refractivity contribution in [1.82, 2.24) is 0 Å². The summed E-state index contributed by atoms with van der Waals surface area (Å²) in [4.78, 5) is 35.1. The van der Waals surface area contributed by atoms with Crippen LogP contribution in [-0.4, -0.2) is 30.5 Å². The molecular formula is C18H18N2O6. The van der Waals surface area contributed by atoms with E-state index >= 15 is 0 Å². The smallest absolute Gasteiger partial charge is 0.333 e. The lowest BCUT2D eigenvalue weighted by atomic mass is 10.1. The largest absolute Gasteiger partial charge is 0.446 e. The Morgan fingerprint density at radius 1 is 1.19 bits per heavy atom. The topological polar surface area (TPSA) is 108 Å². The van der Waals surface area contributed by atoms with Gasteiger partial charge in [-0.3, -0.25) is 14.9 Å². The van der Waals surface area contributed by atoms with Crippen LogP contribution in [-0.2, 0) is 19.1 Å². The normalized spacial score (nSPS) is 11.5. The molecule has 1 N–H and O–H groups in total. The molecule has 0 radical (unpaired) electrons. The number of hydrogen-bond donors (Lipinski definition) is 1. The van der Waals surface area contributed by atoms with Crippen LogP contribution < -0.4 is 5.32 Å². The second-order valence-corrected chi connectivity index (χ2v) is 5.48. The SMILES string of the molecule is COCC(=O)O[C@@H](C(=O)Nc1ccc(C)cc1[N+](=O)[O-])c1ccccc1. The minimum atomic E-state index is -1.26. The van der Waals surface area contributed by atoms with Crippen molar-refractivity contribution in [3.05, 3.63) is 69.8 Å². The minimum Gasteiger partial charge on any atom is -0.446 e. The first-order chi connectivity index (χ1) is 12.4. The van der Waals surface area contributed by atoms with Crippen molar-refractivity contribution >= 4 is 23.3 Å². The predicted molar refractivity (Wildman–Crippen MR) is 93.6 cm³/mol. The highest BCUT2D eigenvalue weighted by atomic mass is 16.6. The third-order valence-electron chi connectivity index (χ3n) is 3.46. The summed E-state index contributed by atoms with van der Waals surface area (Å²) in [5.74, 6) is -1.43. The van der Waals surface area contributed by atoms with Crippen LogP contribution in [0.1, 0.15) is 17.2 Å². The number of hydrogen-bond acceptors (Lipinski definition) is 6. The summed E-state index contributed by atoms with van der Waals surface area (Å²) >= 11 is 0. The second kappa shape index (κ2) is 8.72. The number of rotatable bonds is 7. The highest BCUT2D eigenvalue weighted by molar-refractivity contribution is 5.97. The summed E-state index contributed by atoms with van der Waals surface area (Å²) < 4.78 is 9.90. The van der Waals surface area contributed by atoms with Gasteiger partial charge in [0.2, 0.25) is 6.10 Å². The number of benzene rings is 2. The number of anilines is 1. The van der Waals surface area contributed by atoms with Gasteiger partial charge in [-0.25, -0.2) is 4.79 Å². The molecule has 8 nitrogen and oxygen atoms in total. The third kappa shape index (κ3) is 4.87. The molecule has 0 aromatic heterocycles. The lowest BCUT2D eigenvalue weighted by molar-refractivity contribution is -0.384. The number of nitro groups is 1. The van der Waals surface area contributed by atoms with Crippen molar-refractivity contribution in [2.45, 2.75) is 13.0 Å². The van der Waals surface area contributed by atoms with E-state index in [1.165, 1.54) is 19.2 Å². The summed E-state index contributed by atoms with van der Waals surface area (Å²) in [6, 6.07) is 12.8. The number of carbonyl (C=O) groups is 2. The number of carbonyl (C=O) groups excluding carboxylic acids is 2. The maximum atomic E-state index is 12.7. The van der Waals surface area contributed by atoms with E-state index < -0.39 is 22.9 Å². The number of nitro benzene ring substituents is 1. The Morgan fingerprint density at radius 2 is 1.88 bits per heavy atom. The Bertz CT molecular complexity index is 807. The van der Waals surface area contributed by atoms with Gasteiger partial charge in [-0.15, -0.1) is 0 Å². The molecule has 26 heavy (non-hydrogen) atoms. The maximum absolute atomic E-state index is 12.7. The summed E-state index contributed by atoms with van der Waals surface area (Å²) in [6.45, 7) is 1.39. The first-order valence-electron chi connectivity index (χ1n) is 7.71. The van der Waals surface area contributed by atoms with E-state index in [0.717, 1.165) is 0 Å². The van der Waals surface area contributed by atoms with Gasteiger partial charge >= 0.3 is 5.97 Å². The van der Waals surface area contributed by atoms with Crippen molar-refractivity contribution in [2.24, 2.45) is 0 Å². The van der Waals surface area contributed by atoms with Gasteiger partial charge in [-0.2, -0.15) is 0 Å². The molecule has 0 heterocycles. The van der Waals surface area contributed by atoms with Crippen LogP contribution in [0.4, 0.5) is 11.4 Å². The van der Waals surface area contributed by atoms with E-state index in [2.05, 4.69) is 5.32 Å². The Kier molecular flexibility index (Phi) is 6.40. The minimum absolute atomic E-state index is 0.0225. The van der Waals surface area contributed by atoms with Crippen LogP contribution in [0.3, 0.4) is 0 Å². The van der Waals surface area contributed by atoms with Crippen LogP contribution in [0.2, 0.25) is 0 Å². The number of nitrogens with one attached hydrogen (secondary N) is 1. The molecule has 1 atom stereocenters. The summed E-state index contributed by atoms with van der Waals surface area (Å²) in [6.07, 6.45) is -1.26. The lowest BCUT2D eigenvalue weighted by Gasteiger charge is -2.18. The molecule has 0 bridgehead atoms. The first-order valence-corrected chi connectivity index (χ1v) is 7.71. The molecule has 0 spiro atoms. The van der Waals surface area contributed by atoms with E-state index in [1.54, 1.807) is 43.3 Å². The fraction of sp³-hybridized carbons (Fsp3) is 0.222. The van der Waals surface area contributed by atoms with Gasteiger partial charge in [0.1, 0.15) is 12.3 Å². The molecule has 8 heteroatoms. The molecule has 0 fully saturated rings. The third-order valence-corrected chi connectivity index (χ3v) is 3.46. The van der Waals surface area contributed by atoms with Gasteiger partial charge in [0.15, 0.2) is 0 Å². The fourth-order valence-electron chi connectivity index (χ4n) is 2.28. The van der Waals surface area contributed by atoms with Gasteiger partial charge < -0.3 is 14.8 Å². The molecule has 136 valence electrons. The van der Waals surface area contributed by atoms with Gasteiger partial charge in [-0.1, -0.05) is 36.4 Å². The van der Waals surface area contributed by atoms with Gasteiger partial charge in [0.05, 0.1) is 4.92 Å². The average Bonchev–Trinajstić information content (AvgIpc) is 2.62. The average molecular weight is 358 g/mol.